The Balaban J connectivity index is 1.63. The highest BCUT2D eigenvalue weighted by Gasteiger charge is 2.39. The Labute approximate surface area is 118 Å². The molecule has 3 rings (SSSR count). The number of anilines is 1. The van der Waals surface area contributed by atoms with Gasteiger partial charge in [-0.15, -0.1) is 0 Å². The highest BCUT2D eigenvalue weighted by molar-refractivity contribution is 6.31. The molecule has 0 bridgehead atoms. The zero-order valence-corrected chi connectivity index (χ0v) is 11.7. The van der Waals surface area contributed by atoms with Crippen LogP contribution in [0.3, 0.4) is 0 Å². The Morgan fingerprint density at radius 3 is 2.53 bits per heavy atom. The van der Waals surface area contributed by atoms with E-state index in [1.165, 1.54) is 0 Å². The van der Waals surface area contributed by atoms with Gasteiger partial charge in [-0.25, -0.2) is 0 Å². The molecule has 2 aliphatic heterocycles. The predicted molar refractivity (Wildman–Crippen MR) is 75.0 cm³/mol. The van der Waals surface area contributed by atoms with Crippen LogP contribution in [0.5, 0.6) is 0 Å². The molecule has 0 amide bonds. The van der Waals surface area contributed by atoms with Gasteiger partial charge >= 0.3 is 0 Å². The molecule has 19 heavy (non-hydrogen) atoms. The quantitative estimate of drug-likeness (QED) is 0.846. The van der Waals surface area contributed by atoms with Crippen molar-refractivity contribution >= 4 is 17.3 Å². The molecular weight excluding hydrogens is 264 g/mol. The van der Waals surface area contributed by atoms with E-state index >= 15 is 0 Å². The smallest absolute Gasteiger partial charge is 0.170 e. The van der Waals surface area contributed by atoms with Crippen molar-refractivity contribution in [2.75, 3.05) is 32.0 Å². The van der Waals surface area contributed by atoms with Crippen molar-refractivity contribution in [2.45, 2.75) is 25.2 Å². The van der Waals surface area contributed by atoms with Crippen molar-refractivity contribution in [3.05, 3.63) is 28.8 Å². The maximum absolute atomic E-state index is 6.21. The van der Waals surface area contributed by atoms with Crippen molar-refractivity contribution in [3.8, 4) is 0 Å². The molecule has 2 heterocycles. The maximum atomic E-state index is 6.21. The van der Waals surface area contributed by atoms with Crippen LogP contribution in [0.15, 0.2) is 18.2 Å². The second-order valence-corrected chi connectivity index (χ2v) is 5.60. The Morgan fingerprint density at radius 1 is 1.21 bits per heavy atom. The summed E-state index contributed by atoms with van der Waals surface area (Å²) in [6, 6.07) is 5.67. The van der Waals surface area contributed by atoms with Crippen LogP contribution in [-0.4, -0.2) is 37.0 Å². The zero-order chi connectivity index (χ0) is 13.3. The molecule has 2 N–H and O–H groups in total. The lowest BCUT2D eigenvalue weighted by molar-refractivity contribution is -0.185. The predicted octanol–water partition coefficient (Wildman–Crippen LogP) is 2.26. The average molecular weight is 283 g/mol. The second-order valence-electron chi connectivity index (χ2n) is 5.19. The molecule has 0 aliphatic carbocycles. The number of rotatable bonds is 2. The highest BCUT2D eigenvalue weighted by atomic mass is 35.5. The zero-order valence-electron chi connectivity index (χ0n) is 10.9. The molecule has 1 aromatic carbocycles. The summed E-state index contributed by atoms with van der Waals surface area (Å²) in [5.74, 6) is -0.317. The molecule has 104 valence electrons. The fourth-order valence-corrected chi connectivity index (χ4v) is 3.04. The van der Waals surface area contributed by atoms with Crippen molar-refractivity contribution in [3.63, 3.8) is 0 Å². The van der Waals surface area contributed by atoms with E-state index in [0.717, 1.165) is 62.0 Å². The summed E-state index contributed by atoms with van der Waals surface area (Å²) >= 11 is 6.21. The minimum absolute atomic E-state index is 0.317. The van der Waals surface area contributed by atoms with Crippen molar-refractivity contribution < 1.29 is 9.47 Å². The summed E-state index contributed by atoms with van der Waals surface area (Å²) in [7, 11) is 0. The van der Waals surface area contributed by atoms with Crippen molar-refractivity contribution in [1.82, 2.24) is 4.90 Å². The molecule has 0 saturated carbocycles. The van der Waals surface area contributed by atoms with Gasteiger partial charge in [0.25, 0.3) is 0 Å². The number of hydrogen-bond donors (Lipinski definition) is 1. The van der Waals surface area contributed by atoms with Crippen LogP contribution in [0.25, 0.3) is 0 Å². The monoisotopic (exact) mass is 282 g/mol. The fourth-order valence-electron chi connectivity index (χ4n) is 2.80. The third-order valence-corrected chi connectivity index (χ3v) is 4.32. The van der Waals surface area contributed by atoms with Gasteiger partial charge in [-0.3, -0.25) is 4.90 Å². The first-order valence-electron chi connectivity index (χ1n) is 6.72. The van der Waals surface area contributed by atoms with E-state index in [4.69, 9.17) is 26.8 Å². The van der Waals surface area contributed by atoms with E-state index in [-0.39, 0.29) is 5.79 Å². The van der Waals surface area contributed by atoms with Crippen LogP contribution in [0.2, 0.25) is 5.02 Å². The molecule has 2 aliphatic rings. The van der Waals surface area contributed by atoms with E-state index in [0.29, 0.717) is 0 Å². The number of nitrogen functional groups attached to an aromatic ring is 1. The molecule has 1 aromatic rings. The summed E-state index contributed by atoms with van der Waals surface area (Å²) in [6.07, 6.45) is 1.83. The molecule has 5 heteroatoms. The van der Waals surface area contributed by atoms with Gasteiger partial charge in [-0.1, -0.05) is 17.7 Å². The molecule has 4 nitrogen and oxygen atoms in total. The number of halogens is 1. The van der Waals surface area contributed by atoms with Gasteiger partial charge in [0, 0.05) is 48.7 Å². The normalized spacial score (nSPS) is 23.0. The third-order valence-electron chi connectivity index (χ3n) is 3.97. The molecule has 1 spiro atoms. The van der Waals surface area contributed by atoms with Crippen LogP contribution < -0.4 is 5.73 Å². The number of benzene rings is 1. The Hall–Kier alpha value is -0.810. The van der Waals surface area contributed by atoms with Gasteiger partial charge in [0.1, 0.15) is 0 Å². The number of ether oxygens (including phenoxy) is 2. The van der Waals surface area contributed by atoms with E-state index in [1.54, 1.807) is 0 Å². The second kappa shape index (κ2) is 5.29. The van der Waals surface area contributed by atoms with E-state index < -0.39 is 0 Å². The summed E-state index contributed by atoms with van der Waals surface area (Å²) in [5, 5.41) is 0.744. The Bertz CT molecular complexity index is 431. The van der Waals surface area contributed by atoms with Gasteiger partial charge in [0.05, 0.1) is 13.2 Å². The largest absolute Gasteiger partial charge is 0.398 e. The molecule has 0 unspecified atom stereocenters. The van der Waals surface area contributed by atoms with Crippen LogP contribution in [0, 0.1) is 0 Å². The van der Waals surface area contributed by atoms with Crippen LogP contribution in [0.4, 0.5) is 5.69 Å². The number of likely N-dealkylation sites (tertiary alicyclic amines) is 1. The highest BCUT2D eigenvalue weighted by Crippen LogP contribution is 2.33. The first kappa shape index (κ1) is 13.2. The van der Waals surface area contributed by atoms with Crippen molar-refractivity contribution in [2.24, 2.45) is 0 Å². The van der Waals surface area contributed by atoms with Gasteiger partial charge < -0.3 is 15.2 Å². The van der Waals surface area contributed by atoms with Gasteiger partial charge in [-0.2, -0.15) is 0 Å². The first-order valence-corrected chi connectivity index (χ1v) is 7.09. The van der Waals surface area contributed by atoms with Crippen LogP contribution >= 0.6 is 11.6 Å². The van der Waals surface area contributed by atoms with Gasteiger partial charge in [0.2, 0.25) is 0 Å². The topological polar surface area (TPSA) is 47.7 Å². The summed E-state index contributed by atoms with van der Waals surface area (Å²) in [5.41, 5.74) is 7.78. The SMILES string of the molecule is Nc1cccc(Cl)c1CN1CCC2(CC1)OCCO2. The van der Waals surface area contributed by atoms with E-state index in [2.05, 4.69) is 4.90 Å². The van der Waals surface area contributed by atoms with Crippen LogP contribution in [0.1, 0.15) is 18.4 Å². The summed E-state index contributed by atoms with van der Waals surface area (Å²) < 4.78 is 11.5. The Kier molecular flexibility index (Phi) is 3.67. The molecule has 0 aromatic heterocycles. The van der Waals surface area contributed by atoms with Gasteiger partial charge in [-0.05, 0) is 12.1 Å². The van der Waals surface area contributed by atoms with E-state index in [9.17, 15) is 0 Å². The standard InChI is InChI=1S/C14H19ClN2O2/c15-12-2-1-3-13(16)11(12)10-17-6-4-14(5-7-17)18-8-9-19-14/h1-3H,4-10,16H2. The maximum Gasteiger partial charge on any atom is 0.170 e. The molecule has 2 saturated heterocycles. The molecule has 2 fully saturated rings. The average Bonchev–Trinajstić information content (AvgIpc) is 2.85. The fraction of sp³-hybridized carbons (Fsp3) is 0.571. The number of piperidine rings is 1. The minimum Gasteiger partial charge on any atom is -0.398 e. The van der Waals surface area contributed by atoms with Gasteiger partial charge in [0.15, 0.2) is 5.79 Å². The lowest BCUT2D eigenvalue weighted by atomic mass is 10.0. The molecule has 0 atom stereocenters. The van der Waals surface area contributed by atoms with Crippen molar-refractivity contribution in [1.29, 1.82) is 0 Å². The first-order chi connectivity index (χ1) is 9.19. The summed E-state index contributed by atoms with van der Waals surface area (Å²) in [6.45, 7) is 4.13. The Morgan fingerprint density at radius 2 is 1.89 bits per heavy atom. The number of hydrogen-bond acceptors (Lipinski definition) is 4. The summed E-state index contributed by atoms with van der Waals surface area (Å²) in [4.78, 5) is 2.36. The lowest BCUT2D eigenvalue weighted by Gasteiger charge is -2.37. The number of nitrogens with two attached hydrogens (primary N) is 1. The molecule has 0 radical (unpaired) electrons. The van der Waals surface area contributed by atoms with E-state index in [1.807, 2.05) is 18.2 Å². The number of nitrogens with zero attached hydrogens (tertiary/aromatic N) is 1. The van der Waals surface area contributed by atoms with Crippen LogP contribution in [-0.2, 0) is 16.0 Å². The minimum atomic E-state index is -0.317. The molecular formula is C14H19ClN2O2. The third kappa shape index (κ3) is 2.72. The lowest BCUT2D eigenvalue weighted by Crippen LogP contribution is -2.44.